The number of aromatic nitrogens is 4. The van der Waals surface area contributed by atoms with Gasteiger partial charge in [0, 0.05) is 11.9 Å². The fourth-order valence-corrected chi connectivity index (χ4v) is 2.00. The van der Waals surface area contributed by atoms with Crippen LogP contribution in [-0.4, -0.2) is 39.1 Å². The molecule has 23 heavy (non-hydrogen) atoms. The number of H-pyrrole nitrogens is 1. The van der Waals surface area contributed by atoms with Gasteiger partial charge in [0.2, 0.25) is 5.82 Å². The van der Waals surface area contributed by atoms with Gasteiger partial charge in [-0.2, -0.15) is 10.5 Å². The second kappa shape index (κ2) is 5.94. The highest BCUT2D eigenvalue weighted by atomic mass is 16.2. The van der Waals surface area contributed by atoms with Crippen LogP contribution in [0.5, 0.6) is 0 Å². The van der Waals surface area contributed by atoms with Crippen molar-refractivity contribution in [2.24, 2.45) is 0 Å². The van der Waals surface area contributed by atoms with E-state index in [0.29, 0.717) is 11.4 Å². The molecular formula is C13H10N8O2. The maximum atomic E-state index is 11.7. The number of imide groups is 1. The number of nitrogens with one attached hydrogen (secondary N) is 3. The summed E-state index contributed by atoms with van der Waals surface area (Å²) >= 11 is 0. The number of urea groups is 1. The fraction of sp³-hybridized carbons (Fsp3) is 0.0769. The molecule has 1 aliphatic heterocycles. The normalized spacial score (nSPS) is 14.6. The van der Waals surface area contributed by atoms with E-state index < -0.39 is 6.03 Å². The number of aromatic amines is 1. The molecule has 2 heterocycles. The number of allylic oxidation sites excluding steroid dienone is 1. The Balaban J connectivity index is 1.82. The van der Waals surface area contributed by atoms with Gasteiger partial charge in [-0.3, -0.25) is 4.79 Å². The summed E-state index contributed by atoms with van der Waals surface area (Å²) in [7, 11) is 0. The van der Waals surface area contributed by atoms with Gasteiger partial charge in [0.05, 0.1) is 12.2 Å². The second-order valence-corrected chi connectivity index (χ2v) is 4.49. The zero-order valence-corrected chi connectivity index (χ0v) is 11.6. The lowest BCUT2D eigenvalue weighted by Crippen LogP contribution is -2.30. The number of nitrogens with zero attached hydrogens (tertiary/aromatic N) is 5. The van der Waals surface area contributed by atoms with Crippen LogP contribution in [0.3, 0.4) is 0 Å². The molecule has 2 aromatic rings. The summed E-state index contributed by atoms with van der Waals surface area (Å²) in [6.45, 7) is -0.0210. The van der Waals surface area contributed by atoms with Gasteiger partial charge in [0.1, 0.15) is 11.6 Å². The molecule has 0 spiro atoms. The summed E-state index contributed by atoms with van der Waals surface area (Å²) in [5, 5.41) is 27.5. The van der Waals surface area contributed by atoms with Gasteiger partial charge in [0.15, 0.2) is 0 Å². The van der Waals surface area contributed by atoms with Crippen molar-refractivity contribution in [3.05, 3.63) is 36.3 Å². The van der Waals surface area contributed by atoms with E-state index in [2.05, 4.69) is 31.3 Å². The molecule has 10 nitrogen and oxygen atoms in total. The van der Waals surface area contributed by atoms with E-state index >= 15 is 0 Å². The number of tetrazole rings is 1. The number of amides is 3. The predicted molar refractivity (Wildman–Crippen MR) is 78.7 cm³/mol. The molecule has 1 aromatic carbocycles. The van der Waals surface area contributed by atoms with Gasteiger partial charge < -0.3 is 10.6 Å². The summed E-state index contributed by atoms with van der Waals surface area (Å²) in [6, 6.07) is 8.15. The first kappa shape index (κ1) is 14.2. The minimum Gasteiger partial charge on any atom is -0.360 e. The van der Waals surface area contributed by atoms with E-state index in [1.807, 2.05) is 6.07 Å². The number of rotatable bonds is 4. The number of hydrogen-bond donors (Lipinski definition) is 3. The van der Waals surface area contributed by atoms with Gasteiger partial charge in [0.25, 0.3) is 5.91 Å². The number of carbonyl (C=O) groups excluding carboxylic acids is 2. The maximum absolute atomic E-state index is 11.7. The molecular weight excluding hydrogens is 300 g/mol. The van der Waals surface area contributed by atoms with Gasteiger partial charge >= 0.3 is 6.03 Å². The van der Waals surface area contributed by atoms with Crippen molar-refractivity contribution in [1.29, 1.82) is 5.26 Å². The number of hydrogen-bond acceptors (Lipinski definition) is 7. The summed E-state index contributed by atoms with van der Waals surface area (Å²) in [5.41, 5.74) is 1.20. The molecule has 3 amide bonds. The zero-order valence-electron chi connectivity index (χ0n) is 11.6. The lowest BCUT2D eigenvalue weighted by Gasteiger charge is -2.13. The third kappa shape index (κ3) is 2.84. The molecule has 0 saturated carbocycles. The number of anilines is 2. The highest BCUT2D eigenvalue weighted by molar-refractivity contribution is 6.19. The van der Waals surface area contributed by atoms with Gasteiger partial charge in [-0.15, -0.1) is 10.2 Å². The predicted octanol–water partition coefficient (Wildman–Crippen LogP) is 0.232. The van der Waals surface area contributed by atoms with Crippen molar-refractivity contribution in [3.8, 4) is 6.07 Å². The molecule has 3 rings (SSSR count). The smallest absolute Gasteiger partial charge is 0.329 e. The molecule has 1 aliphatic rings. The van der Waals surface area contributed by atoms with E-state index in [0.717, 1.165) is 4.90 Å². The third-order valence-electron chi connectivity index (χ3n) is 3.04. The molecule has 1 fully saturated rings. The van der Waals surface area contributed by atoms with Crippen molar-refractivity contribution in [2.75, 3.05) is 16.8 Å². The summed E-state index contributed by atoms with van der Waals surface area (Å²) < 4.78 is 0. The molecule has 0 atom stereocenters. The fourth-order valence-electron chi connectivity index (χ4n) is 2.00. The molecule has 114 valence electrons. The van der Waals surface area contributed by atoms with Crippen LogP contribution in [0, 0.1) is 11.3 Å². The maximum Gasteiger partial charge on any atom is 0.329 e. The van der Waals surface area contributed by atoms with Gasteiger partial charge in [-0.1, -0.05) is 6.07 Å². The monoisotopic (exact) mass is 310 g/mol. The minimum absolute atomic E-state index is 0.0210. The Labute approximate surface area is 129 Å². The van der Waals surface area contributed by atoms with Crippen LogP contribution in [0.15, 0.2) is 30.5 Å². The van der Waals surface area contributed by atoms with Crippen LogP contribution < -0.4 is 15.5 Å². The Morgan fingerprint density at radius 1 is 1.43 bits per heavy atom. The standard InChI is InChI=1S/C13H10N8O2/c14-5-8(12-17-19-20-18-12)6-15-9-2-1-3-10(4-9)21-11(22)7-16-13(21)23/h1-4,6,15H,7H2,(H,16,23)(H,17,18,19,20). The van der Waals surface area contributed by atoms with Crippen LogP contribution in [-0.2, 0) is 4.79 Å². The first-order chi connectivity index (χ1) is 11.2. The van der Waals surface area contributed by atoms with Crippen molar-refractivity contribution < 1.29 is 9.59 Å². The molecule has 0 bridgehead atoms. The Kier molecular flexibility index (Phi) is 3.67. The molecule has 0 radical (unpaired) electrons. The summed E-state index contributed by atoms with van der Waals surface area (Å²) in [5.74, 6) is -0.169. The van der Waals surface area contributed by atoms with Crippen molar-refractivity contribution in [3.63, 3.8) is 0 Å². The SMILES string of the molecule is N#CC(=CNc1cccc(N2C(=O)CNC2=O)c1)c1nn[nH]n1. The lowest BCUT2D eigenvalue weighted by atomic mass is 10.2. The van der Waals surface area contributed by atoms with E-state index in [1.54, 1.807) is 24.3 Å². The van der Waals surface area contributed by atoms with Crippen LogP contribution in [0.4, 0.5) is 16.2 Å². The molecule has 10 heteroatoms. The molecule has 1 aromatic heterocycles. The van der Waals surface area contributed by atoms with Gasteiger partial charge in [-0.05, 0) is 23.4 Å². The molecule has 0 aliphatic carbocycles. The number of nitriles is 1. The van der Waals surface area contributed by atoms with Crippen LogP contribution in [0.1, 0.15) is 5.82 Å². The van der Waals surface area contributed by atoms with Crippen molar-refractivity contribution in [2.45, 2.75) is 0 Å². The molecule has 1 saturated heterocycles. The number of benzene rings is 1. The third-order valence-corrected chi connectivity index (χ3v) is 3.04. The summed E-state index contributed by atoms with van der Waals surface area (Å²) in [4.78, 5) is 24.4. The van der Waals surface area contributed by atoms with Crippen LogP contribution in [0.25, 0.3) is 5.57 Å². The van der Waals surface area contributed by atoms with E-state index in [4.69, 9.17) is 5.26 Å². The topological polar surface area (TPSA) is 140 Å². The highest BCUT2D eigenvalue weighted by Gasteiger charge is 2.29. The second-order valence-electron chi connectivity index (χ2n) is 4.49. The van der Waals surface area contributed by atoms with E-state index in [9.17, 15) is 9.59 Å². The highest BCUT2D eigenvalue weighted by Crippen LogP contribution is 2.22. The lowest BCUT2D eigenvalue weighted by molar-refractivity contribution is -0.115. The number of carbonyl (C=O) groups is 2. The largest absolute Gasteiger partial charge is 0.360 e. The quantitative estimate of drug-likeness (QED) is 0.542. The van der Waals surface area contributed by atoms with E-state index in [1.165, 1.54) is 6.20 Å². The van der Waals surface area contributed by atoms with Crippen LogP contribution >= 0.6 is 0 Å². The van der Waals surface area contributed by atoms with Gasteiger partial charge in [-0.25, -0.2) is 9.69 Å². The van der Waals surface area contributed by atoms with E-state index in [-0.39, 0.29) is 23.8 Å². The van der Waals surface area contributed by atoms with Crippen LogP contribution in [0.2, 0.25) is 0 Å². The van der Waals surface area contributed by atoms with Crippen molar-refractivity contribution in [1.82, 2.24) is 25.9 Å². The zero-order chi connectivity index (χ0) is 16.2. The molecule has 3 N–H and O–H groups in total. The average molecular weight is 310 g/mol. The Bertz CT molecular complexity index is 805. The first-order valence-corrected chi connectivity index (χ1v) is 6.50. The molecule has 0 unspecified atom stereocenters. The Morgan fingerprint density at radius 2 is 2.30 bits per heavy atom. The Morgan fingerprint density at radius 3 is 2.96 bits per heavy atom. The average Bonchev–Trinajstić information content (AvgIpc) is 3.19. The van der Waals surface area contributed by atoms with Crippen molar-refractivity contribution >= 4 is 28.9 Å². The minimum atomic E-state index is -0.466. The summed E-state index contributed by atoms with van der Waals surface area (Å²) in [6.07, 6.45) is 1.41. The first-order valence-electron chi connectivity index (χ1n) is 6.50. The Hall–Kier alpha value is -3.74.